The average Bonchev–Trinajstić information content (AvgIpc) is 3.32. The van der Waals surface area contributed by atoms with Crippen LogP contribution in [0.1, 0.15) is 28.4 Å². The standard InChI is InChI=1S/C27H20FN3O5/c1-15-22(20-7-2-3-8-21(20)29-15)24-23(25(32)17-5-4-6-19(13-17)31(35)36)26(33)27(34)30(24)14-16-9-11-18(28)12-10-16/h2-13,24,29,32H,14H2,1H3/b25-23+. The summed E-state index contributed by atoms with van der Waals surface area (Å²) in [7, 11) is 0. The van der Waals surface area contributed by atoms with Crippen LogP contribution in [-0.4, -0.2) is 31.6 Å². The smallest absolute Gasteiger partial charge is 0.295 e. The number of nitrogens with one attached hydrogen (secondary N) is 1. The van der Waals surface area contributed by atoms with Crippen molar-refractivity contribution in [2.24, 2.45) is 0 Å². The van der Waals surface area contributed by atoms with Crippen LogP contribution >= 0.6 is 0 Å². The van der Waals surface area contributed by atoms with Crippen LogP contribution in [0.15, 0.2) is 78.4 Å². The highest BCUT2D eigenvalue weighted by Gasteiger charge is 2.47. The minimum absolute atomic E-state index is 0.0137. The van der Waals surface area contributed by atoms with Gasteiger partial charge in [-0.2, -0.15) is 0 Å². The molecule has 1 saturated heterocycles. The molecule has 1 atom stereocenters. The van der Waals surface area contributed by atoms with Crippen molar-refractivity contribution in [1.82, 2.24) is 9.88 Å². The van der Waals surface area contributed by atoms with E-state index in [1.807, 2.05) is 24.3 Å². The molecule has 36 heavy (non-hydrogen) atoms. The fraction of sp³-hybridized carbons (Fsp3) is 0.111. The van der Waals surface area contributed by atoms with E-state index >= 15 is 0 Å². The van der Waals surface area contributed by atoms with E-state index in [2.05, 4.69) is 4.98 Å². The summed E-state index contributed by atoms with van der Waals surface area (Å²) < 4.78 is 13.5. The summed E-state index contributed by atoms with van der Waals surface area (Å²) in [5, 5.41) is 23.3. The van der Waals surface area contributed by atoms with Crippen LogP contribution in [0, 0.1) is 22.9 Å². The highest BCUT2D eigenvalue weighted by molar-refractivity contribution is 6.46. The van der Waals surface area contributed by atoms with Gasteiger partial charge in [-0.25, -0.2) is 4.39 Å². The first-order valence-electron chi connectivity index (χ1n) is 11.1. The van der Waals surface area contributed by atoms with Gasteiger partial charge >= 0.3 is 0 Å². The number of aryl methyl sites for hydroxylation is 1. The van der Waals surface area contributed by atoms with Crippen LogP contribution < -0.4 is 0 Å². The van der Waals surface area contributed by atoms with Gasteiger partial charge in [0.25, 0.3) is 17.4 Å². The maximum atomic E-state index is 13.5. The molecule has 0 bridgehead atoms. The van der Waals surface area contributed by atoms with Gasteiger partial charge in [0.1, 0.15) is 11.6 Å². The molecule has 4 aromatic rings. The number of hydrogen-bond donors (Lipinski definition) is 2. The average molecular weight is 485 g/mol. The Morgan fingerprint density at radius 2 is 1.81 bits per heavy atom. The number of ketones is 1. The molecule has 8 nitrogen and oxygen atoms in total. The minimum Gasteiger partial charge on any atom is -0.507 e. The number of benzene rings is 3. The number of H-pyrrole nitrogens is 1. The molecule has 1 fully saturated rings. The molecule has 3 aromatic carbocycles. The fourth-order valence-electron chi connectivity index (χ4n) is 4.70. The number of fused-ring (bicyclic) bond motifs is 1. The molecule has 9 heteroatoms. The number of carbonyl (C=O) groups is 2. The van der Waals surface area contributed by atoms with E-state index in [-0.39, 0.29) is 23.4 Å². The first-order valence-corrected chi connectivity index (χ1v) is 11.1. The Kier molecular flexibility index (Phi) is 5.60. The largest absolute Gasteiger partial charge is 0.507 e. The first-order chi connectivity index (χ1) is 17.3. The Bertz CT molecular complexity index is 1570. The maximum Gasteiger partial charge on any atom is 0.295 e. The Balaban J connectivity index is 1.74. The van der Waals surface area contributed by atoms with Gasteiger partial charge in [0.05, 0.1) is 16.5 Å². The third-order valence-corrected chi connectivity index (χ3v) is 6.35. The Morgan fingerprint density at radius 3 is 2.53 bits per heavy atom. The molecule has 1 aromatic heterocycles. The third-order valence-electron chi connectivity index (χ3n) is 6.35. The van der Waals surface area contributed by atoms with Crippen molar-refractivity contribution < 1.29 is 24.0 Å². The van der Waals surface area contributed by atoms with Crippen LogP contribution in [0.5, 0.6) is 0 Å². The number of aromatic nitrogens is 1. The number of halogens is 1. The summed E-state index contributed by atoms with van der Waals surface area (Å²) in [5.41, 5.74) is 2.31. The molecule has 1 unspecified atom stereocenters. The van der Waals surface area contributed by atoms with Crippen LogP contribution in [0.2, 0.25) is 0 Å². The maximum absolute atomic E-state index is 13.5. The van der Waals surface area contributed by atoms with Crippen molar-refractivity contribution in [3.8, 4) is 0 Å². The summed E-state index contributed by atoms with van der Waals surface area (Å²) in [6.45, 7) is 1.79. The number of Topliss-reactive ketones (excluding diaryl/α,β-unsaturated/α-hetero) is 1. The topological polar surface area (TPSA) is 117 Å². The number of carbonyl (C=O) groups excluding carboxylic acids is 2. The summed E-state index contributed by atoms with van der Waals surface area (Å²) in [6, 6.07) is 17.2. The van der Waals surface area contributed by atoms with Crippen LogP contribution in [-0.2, 0) is 16.1 Å². The lowest BCUT2D eigenvalue weighted by Gasteiger charge is -2.26. The van der Waals surface area contributed by atoms with Gasteiger partial charge in [-0.05, 0) is 30.7 Å². The second-order valence-electron chi connectivity index (χ2n) is 8.57. The molecule has 0 spiro atoms. The van der Waals surface area contributed by atoms with E-state index in [0.717, 1.165) is 17.0 Å². The van der Waals surface area contributed by atoms with Crippen molar-refractivity contribution >= 4 is 34.0 Å². The van der Waals surface area contributed by atoms with Crippen LogP contribution in [0.25, 0.3) is 16.7 Å². The monoisotopic (exact) mass is 485 g/mol. The second-order valence-corrected chi connectivity index (χ2v) is 8.57. The van der Waals surface area contributed by atoms with Gasteiger partial charge < -0.3 is 15.0 Å². The molecule has 1 aliphatic rings. The highest BCUT2D eigenvalue weighted by atomic mass is 19.1. The lowest BCUT2D eigenvalue weighted by molar-refractivity contribution is -0.384. The minimum atomic E-state index is -0.981. The molecular weight excluding hydrogens is 465 g/mol. The van der Waals surface area contributed by atoms with Gasteiger partial charge in [0, 0.05) is 46.4 Å². The fourth-order valence-corrected chi connectivity index (χ4v) is 4.70. The van der Waals surface area contributed by atoms with Crippen molar-refractivity contribution in [1.29, 1.82) is 0 Å². The number of para-hydroxylation sites is 1. The number of aliphatic hydroxyl groups excluding tert-OH is 1. The molecule has 180 valence electrons. The van der Waals surface area contributed by atoms with E-state index in [1.54, 1.807) is 6.92 Å². The van der Waals surface area contributed by atoms with Gasteiger partial charge in [-0.1, -0.05) is 42.5 Å². The summed E-state index contributed by atoms with van der Waals surface area (Å²) in [6.07, 6.45) is 0. The van der Waals surface area contributed by atoms with Crippen molar-refractivity contribution in [2.75, 3.05) is 0 Å². The number of nitro benzene ring substituents is 1. The second kappa shape index (κ2) is 8.77. The van der Waals surface area contributed by atoms with Crippen molar-refractivity contribution in [3.05, 3.63) is 117 Å². The number of aromatic amines is 1. The van der Waals surface area contributed by atoms with Gasteiger partial charge in [0.2, 0.25) is 0 Å². The quantitative estimate of drug-likeness (QED) is 0.133. The number of nitrogens with zero attached hydrogens (tertiary/aromatic N) is 2. The molecule has 1 amide bonds. The van der Waals surface area contributed by atoms with E-state index in [9.17, 15) is 29.2 Å². The lowest BCUT2D eigenvalue weighted by atomic mass is 9.93. The Hall–Kier alpha value is -4.79. The molecular formula is C27H20FN3O5. The predicted octanol–water partition coefficient (Wildman–Crippen LogP) is 5.15. The number of amides is 1. The number of nitro groups is 1. The van der Waals surface area contributed by atoms with E-state index in [4.69, 9.17) is 0 Å². The zero-order valence-electron chi connectivity index (χ0n) is 19.1. The number of aliphatic hydroxyl groups is 1. The SMILES string of the molecule is Cc1[nH]c2ccccc2c1C1/C(=C(\O)c2cccc([N+](=O)[O-])c2)C(=O)C(=O)N1Cc1ccc(F)cc1. The summed E-state index contributed by atoms with van der Waals surface area (Å²) >= 11 is 0. The van der Waals surface area contributed by atoms with Crippen LogP contribution in [0.3, 0.4) is 0 Å². The van der Waals surface area contributed by atoms with E-state index in [1.165, 1.54) is 47.4 Å². The van der Waals surface area contributed by atoms with E-state index < -0.39 is 34.2 Å². The van der Waals surface area contributed by atoms with Crippen LogP contribution in [0.4, 0.5) is 10.1 Å². The van der Waals surface area contributed by atoms with Gasteiger partial charge in [-0.15, -0.1) is 0 Å². The first kappa shape index (κ1) is 23.0. The number of likely N-dealkylation sites (tertiary alicyclic amines) is 1. The molecule has 0 aliphatic carbocycles. The molecule has 1 aliphatic heterocycles. The van der Waals surface area contributed by atoms with Gasteiger partial charge in [-0.3, -0.25) is 19.7 Å². The highest BCUT2D eigenvalue weighted by Crippen LogP contribution is 2.44. The van der Waals surface area contributed by atoms with Crippen molar-refractivity contribution in [2.45, 2.75) is 19.5 Å². The predicted molar refractivity (Wildman–Crippen MR) is 130 cm³/mol. The molecule has 5 rings (SSSR count). The molecule has 2 N–H and O–H groups in total. The molecule has 2 heterocycles. The third kappa shape index (κ3) is 3.80. The molecule has 0 radical (unpaired) electrons. The normalized spacial score (nSPS) is 17.2. The Morgan fingerprint density at radius 1 is 1.08 bits per heavy atom. The van der Waals surface area contributed by atoms with Gasteiger partial charge in [0.15, 0.2) is 0 Å². The summed E-state index contributed by atoms with van der Waals surface area (Å²) in [4.78, 5) is 41.9. The number of hydrogen-bond acceptors (Lipinski definition) is 5. The number of rotatable bonds is 5. The van der Waals surface area contributed by atoms with Crippen molar-refractivity contribution in [3.63, 3.8) is 0 Å². The Labute approximate surface area is 204 Å². The lowest BCUT2D eigenvalue weighted by Crippen LogP contribution is -2.29. The van der Waals surface area contributed by atoms with E-state index in [0.29, 0.717) is 16.8 Å². The summed E-state index contributed by atoms with van der Waals surface area (Å²) in [5.74, 6) is -2.68. The molecule has 0 saturated carbocycles. The number of non-ortho nitro benzene ring substituents is 1. The zero-order chi connectivity index (χ0) is 25.6. The zero-order valence-corrected chi connectivity index (χ0v) is 19.1.